The predicted molar refractivity (Wildman–Crippen MR) is 154 cm³/mol. The number of halogens is 1. The van der Waals surface area contributed by atoms with Gasteiger partial charge in [-0.05, 0) is 66.5 Å². The fourth-order valence-electron chi connectivity index (χ4n) is 4.89. The van der Waals surface area contributed by atoms with Crippen LogP contribution in [0.4, 0.5) is 11.4 Å². The fourth-order valence-corrected chi connectivity index (χ4v) is 5.31. The second-order valence-corrected chi connectivity index (χ2v) is 10.4. The molecule has 1 aliphatic carbocycles. The summed E-state index contributed by atoms with van der Waals surface area (Å²) < 4.78 is 7.30. The molecule has 2 aromatic heterocycles. The van der Waals surface area contributed by atoms with Crippen LogP contribution in [-0.4, -0.2) is 28.6 Å². The van der Waals surface area contributed by atoms with E-state index in [1.807, 2.05) is 34.8 Å². The summed E-state index contributed by atoms with van der Waals surface area (Å²) in [5, 5.41) is 10.1. The highest BCUT2D eigenvalue weighted by molar-refractivity contribution is 7.27. The summed E-state index contributed by atoms with van der Waals surface area (Å²) in [6.45, 7) is 2.09. The second kappa shape index (κ2) is 10.5. The Morgan fingerprint density at radius 3 is 2.72 bits per heavy atom. The van der Waals surface area contributed by atoms with Crippen molar-refractivity contribution in [1.82, 2.24) is 9.61 Å². The lowest BCUT2D eigenvalue weighted by Gasteiger charge is -2.25. The van der Waals surface area contributed by atoms with Crippen molar-refractivity contribution in [2.75, 3.05) is 12.4 Å². The van der Waals surface area contributed by atoms with Gasteiger partial charge in [-0.1, -0.05) is 43.0 Å². The number of rotatable bonds is 6. The number of nitrogens with zero attached hydrogens (tertiary/aromatic N) is 3. The van der Waals surface area contributed by atoms with Gasteiger partial charge in [0.25, 0.3) is 0 Å². The quantitative estimate of drug-likeness (QED) is 0.179. The van der Waals surface area contributed by atoms with Gasteiger partial charge in [-0.3, -0.25) is 0 Å². The van der Waals surface area contributed by atoms with Crippen LogP contribution in [0.15, 0.2) is 59.9 Å². The van der Waals surface area contributed by atoms with E-state index >= 15 is 0 Å². The maximum atomic E-state index is 6.60. The highest BCUT2D eigenvalue weighted by Gasteiger charge is 2.20. The van der Waals surface area contributed by atoms with E-state index in [9.17, 15) is 0 Å². The van der Waals surface area contributed by atoms with Gasteiger partial charge in [-0.25, -0.2) is 9.51 Å². The van der Waals surface area contributed by atoms with Crippen LogP contribution in [0.1, 0.15) is 43.2 Å². The highest BCUT2D eigenvalue weighted by Crippen LogP contribution is 2.34. The van der Waals surface area contributed by atoms with Crippen molar-refractivity contribution < 1.29 is 4.74 Å². The number of benzene rings is 2. The molecular formula is C28H31ClN5OP. The van der Waals surface area contributed by atoms with Crippen molar-refractivity contribution in [1.29, 1.82) is 0 Å². The van der Waals surface area contributed by atoms with Crippen molar-refractivity contribution in [3.8, 4) is 16.9 Å². The van der Waals surface area contributed by atoms with E-state index in [2.05, 4.69) is 39.8 Å². The van der Waals surface area contributed by atoms with Gasteiger partial charge in [-0.15, -0.1) is 9.24 Å². The molecule has 186 valence electrons. The van der Waals surface area contributed by atoms with Crippen LogP contribution in [0.2, 0.25) is 5.02 Å². The maximum Gasteiger partial charge on any atom is 0.135 e. The van der Waals surface area contributed by atoms with Gasteiger partial charge in [0.2, 0.25) is 0 Å². The molecule has 2 aromatic carbocycles. The number of nitrogens with two attached hydrogens (primary N) is 1. The normalized spacial score (nSPS) is 14.8. The van der Waals surface area contributed by atoms with E-state index < -0.39 is 0 Å². The fraction of sp³-hybridized carbons (Fsp3) is 0.286. The molecule has 0 amide bonds. The van der Waals surface area contributed by atoms with Crippen LogP contribution in [0.25, 0.3) is 16.6 Å². The second-order valence-electron chi connectivity index (χ2n) is 9.36. The van der Waals surface area contributed by atoms with Crippen LogP contribution < -0.4 is 21.1 Å². The molecule has 0 spiro atoms. The standard InChI is InChI=1S/C28H31ClN5OP/c1-17-12-20(35-2)8-10-22(17)18-13-26-27(32-19-6-4-3-5-7-19)23(15-31-34(26)16-18)28(30)33-25-14-21(36)9-11-24(25)29/h8-16,19,32H,3-7,36H2,1-2H3,(H2,30,33). The van der Waals surface area contributed by atoms with Crippen LogP contribution in [0, 0.1) is 6.92 Å². The number of methoxy groups -OCH3 is 1. The number of fused-ring (bicyclic) bond motifs is 1. The number of hydrogen-bond acceptors (Lipinski definition) is 4. The Kier molecular flexibility index (Phi) is 7.17. The van der Waals surface area contributed by atoms with Gasteiger partial charge in [0.1, 0.15) is 11.6 Å². The Labute approximate surface area is 219 Å². The third-order valence-electron chi connectivity index (χ3n) is 6.82. The van der Waals surface area contributed by atoms with Crippen LogP contribution in [0.5, 0.6) is 5.75 Å². The number of hydrogen-bond donors (Lipinski definition) is 2. The summed E-state index contributed by atoms with van der Waals surface area (Å²) in [5.74, 6) is 1.22. The summed E-state index contributed by atoms with van der Waals surface area (Å²) in [4.78, 5) is 4.69. The Balaban J connectivity index is 1.63. The number of amidine groups is 1. The minimum atomic E-state index is 0.379. The van der Waals surface area contributed by atoms with Gasteiger partial charge in [0.05, 0.1) is 40.8 Å². The van der Waals surface area contributed by atoms with Crippen molar-refractivity contribution in [2.45, 2.75) is 45.1 Å². The number of anilines is 1. The zero-order chi connectivity index (χ0) is 25.2. The molecule has 4 aromatic rings. The molecular weight excluding hydrogens is 489 g/mol. The molecule has 1 atom stereocenters. The molecule has 0 bridgehead atoms. The number of ether oxygens (including phenoxy) is 1. The average molecular weight is 520 g/mol. The van der Waals surface area contributed by atoms with E-state index in [1.54, 1.807) is 13.3 Å². The van der Waals surface area contributed by atoms with Gasteiger partial charge in [0.15, 0.2) is 0 Å². The Hall–Kier alpha value is -3.08. The smallest absolute Gasteiger partial charge is 0.135 e. The molecule has 0 saturated heterocycles. The van der Waals surface area contributed by atoms with E-state index in [1.165, 1.54) is 19.3 Å². The Morgan fingerprint density at radius 2 is 1.97 bits per heavy atom. The lowest BCUT2D eigenvalue weighted by molar-refractivity contribution is 0.414. The van der Waals surface area contributed by atoms with Gasteiger partial charge < -0.3 is 15.8 Å². The number of aryl methyl sites for hydroxylation is 1. The summed E-state index contributed by atoms with van der Waals surface area (Å²) in [7, 11) is 4.35. The minimum Gasteiger partial charge on any atom is -0.497 e. The van der Waals surface area contributed by atoms with Crippen LogP contribution in [0.3, 0.4) is 0 Å². The van der Waals surface area contributed by atoms with Crippen LogP contribution in [-0.2, 0) is 0 Å². The summed E-state index contributed by atoms with van der Waals surface area (Å²) >= 11 is 6.41. The number of nitrogens with one attached hydrogen (secondary N) is 1. The van der Waals surface area contributed by atoms with E-state index in [-0.39, 0.29) is 0 Å². The highest BCUT2D eigenvalue weighted by atomic mass is 35.5. The third kappa shape index (κ3) is 5.07. The molecule has 3 N–H and O–H groups in total. The SMILES string of the molecule is COc1ccc(-c2cc3c(NC4CCCCC4)c(C(N)=Nc4cc(P)ccc4Cl)cnn3c2)c(C)c1. The molecule has 6 nitrogen and oxygen atoms in total. The van der Waals surface area contributed by atoms with E-state index in [0.29, 0.717) is 22.6 Å². The van der Waals surface area contributed by atoms with Gasteiger partial charge >= 0.3 is 0 Å². The van der Waals surface area contributed by atoms with E-state index in [4.69, 9.17) is 32.2 Å². The molecule has 0 radical (unpaired) electrons. The first-order valence-corrected chi connectivity index (χ1v) is 13.2. The molecule has 8 heteroatoms. The summed E-state index contributed by atoms with van der Waals surface area (Å²) in [6, 6.07) is 14.3. The molecule has 0 aliphatic heterocycles. The maximum absolute atomic E-state index is 6.60. The Bertz CT molecular complexity index is 1440. The van der Waals surface area contributed by atoms with Gasteiger partial charge in [-0.2, -0.15) is 5.10 Å². The largest absolute Gasteiger partial charge is 0.497 e. The molecule has 1 unspecified atom stereocenters. The number of aromatic nitrogens is 2. The Morgan fingerprint density at radius 1 is 1.17 bits per heavy atom. The predicted octanol–water partition coefficient (Wildman–Crippen LogP) is 6.25. The summed E-state index contributed by atoms with van der Waals surface area (Å²) in [5.41, 5.74) is 13.3. The van der Waals surface area contributed by atoms with Crippen LogP contribution >= 0.6 is 20.8 Å². The minimum absolute atomic E-state index is 0.379. The summed E-state index contributed by atoms with van der Waals surface area (Å²) in [6.07, 6.45) is 9.87. The molecule has 5 rings (SSSR count). The van der Waals surface area contributed by atoms with Gasteiger partial charge in [0, 0.05) is 17.8 Å². The molecule has 36 heavy (non-hydrogen) atoms. The first kappa shape index (κ1) is 24.6. The number of aliphatic imine (C=N–C) groups is 1. The molecule has 1 saturated carbocycles. The topological polar surface area (TPSA) is 76.9 Å². The van der Waals surface area contributed by atoms with Crippen molar-refractivity contribution in [3.63, 3.8) is 0 Å². The average Bonchev–Trinajstić information content (AvgIpc) is 3.31. The van der Waals surface area contributed by atoms with Crippen molar-refractivity contribution >= 4 is 48.9 Å². The molecule has 1 aliphatic rings. The zero-order valence-electron chi connectivity index (χ0n) is 20.6. The molecule has 2 heterocycles. The first-order chi connectivity index (χ1) is 17.4. The first-order valence-electron chi connectivity index (χ1n) is 12.3. The van der Waals surface area contributed by atoms with Crippen molar-refractivity contribution in [3.05, 3.63) is 71.0 Å². The monoisotopic (exact) mass is 519 g/mol. The van der Waals surface area contributed by atoms with E-state index in [0.717, 1.165) is 57.4 Å². The zero-order valence-corrected chi connectivity index (χ0v) is 22.5. The lowest BCUT2D eigenvalue weighted by atomic mass is 9.95. The van der Waals surface area contributed by atoms with Crippen molar-refractivity contribution in [2.24, 2.45) is 10.7 Å². The molecule has 1 fully saturated rings. The lowest BCUT2D eigenvalue weighted by Crippen LogP contribution is -2.25. The third-order valence-corrected chi connectivity index (χ3v) is 7.50.